The molecule has 0 radical (unpaired) electrons. The largest absolute Gasteiger partial charge is 0.398 e. The topological polar surface area (TPSA) is 79.3 Å². The molecule has 0 saturated heterocycles. The highest BCUT2D eigenvalue weighted by Gasteiger charge is 2.05. The predicted octanol–water partition coefficient (Wildman–Crippen LogP) is 2.23. The second kappa shape index (κ2) is 4.72. The quantitative estimate of drug-likeness (QED) is 0.455. The van der Waals surface area contributed by atoms with Gasteiger partial charge in [-0.05, 0) is 24.1 Å². The highest BCUT2D eigenvalue weighted by molar-refractivity contribution is 6.31. The standard InChI is InChI=1S/C9H10ClN3O/c10-7-3-6(1-2-13-14)8(5-11)9(12)4-7/h3-5,11H,1-2,12H2. The molecule has 4 nitrogen and oxygen atoms in total. The van der Waals surface area contributed by atoms with E-state index in [1.165, 1.54) is 0 Å². The van der Waals surface area contributed by atoms with Gasteiger partial charge in [0, 0.05) is 22.5 Å². The summed E-state index contributed by atoms with van der Waals surface area (Å²) in [5.41, 5.74) is 7.50. The summed E-state index contributed by atoms with van der Waals surface area (Å²) in [6.07, 6.45) is 1.62. The van der Waals surface area contributed by atoms with Crippen molar-refractivity contribution in [3.8, 4) is 0 Å². The van der Waals surface area contributed by atoms with Crippen LogP contribution in [-0.2, 0) is 6.42 Å². The third-order valence-electron chi connectivity index (χ3n) is 1.88. The first-order valence-electron chi connectivity index (χ1n) is 4.06. The van der Waals surface area contributed by atoms with Crippen LogP contribution in [0.15, 0.2) is 17.3 Å². The molecule has 3 N–H and O–H groups in total. The lowest BCUT2D eigenvalue weighted by Crippen LogP contribution is -2.00. The zero-order chi connectivity index (χ0) is 10.6. The van der Waals surface area contributed by atoms with E-state index < -0.39 is 0 Å². The second-order valence-corrected chi connectivity index (χ2v) is 3.25. The molecule has 0 aliphatic carbocycles. The number of benzene rings is 1. The van der Waals surface area contributed by atoms with Crippen molar-refractivity contribution in [2.45, 2.75) is 6.42 Å². The van der Waals surface area contributed by atoms with E-state index >= 15 is 0 Å². The molecule has 0 fully saturated rings. The van der Waals surface area contributed by atoms with Crippen molar-refractivity contribution >= 4 is 23.5 Å². The van der Waals surface area contributed by atoms with Gasteiger partial charge in [-0.15, -0.1) is 0 Å². The van der Waals surface area contributed by atoms with E-state index in [2.05, 4.69) is 5.18 Å². The number of nitrogen functional groups attached to an aromatic ring is 1. The van der Waals surface area contributed by atoms with Gasteiger partial charge in [0.05, 0.1) is 6.54 Å². The highest BCUT2D eigenvalue weighted by Crippen LogP contribution is 2.22. The minimum atomic E-state index is 0.167. The molecule has 0 unspecified atom stereocenters. The van der Waals surface area contributed by atoms with Crippen LogP contribution in [0.5, 0.6) is 0 Å². The zero-order valence-corrected chi connectivity index (χ0v) is 8.21. The van der Waals surface area contributed by atoms with Gasteiger partial charge in [0.25, 0.3) is 0 Å². The summed E-state index contributed by atoms with van der Waals surface area (Å²) in [5, 5.41) is 10.4. The summed E-state index contributed by atoms with van der Waals surface area (Å²) in [6, 6.07) is 3.28. The van der Waals surface area contributed by atoms with Gasteiger partial charge in [-0.2, -0.15) is 4.91 Å². The Hall–Kier alpha value is -1.42. The maximum Gasteiger partial charge on any atom is 0.0851 e. The molecule has 0 bridgehead atoms. The Morgan fingerprint density at radius 2 is 2.29 bits per heavy atom. The van der Waals surface area contributed by atoms with Crippen molar-refractivity contribution in [1.82, 2.24) is 0 Å². The Morgan fingerprint density at radius 3 is 2.86 bits per heavy atom. The van der Waals surface area contributed by atoms with Crippen LogP contribution < -0.4 is 5.73 Å². The molecule has 1 aromatic carbocycles. The van der Waals surface area contributed by atoms with Crippen molar-refractivity contribution in [2.24, 2.45) is 5.18 Å². The van der Waals surface area contributed by atoms with E-state index in [-0.39, 0.29) is 6.54 Å². The lowest BCUT2D eigenvalue weighted by atomic mass is 10.0. The summed E-state index contributed by atoms with van der Waals surface area (Å²) in [7, 11) is 0. The Bertz CT molecular complexity index is 365. The van der Waals surface area contributed by atoms with Gasteiger partial charge in [-0.25, -0.2) is 0 Å². The first-order valence-corrected chi connectivity index (χ1v) is 4.44. The van der Waals surface area contributed by atoms with Crippen LogP contribution in [0.25, 0.3) is 0 Å². The molecule has 0 saturated carbocycles. The first kappa shape index (κ1) is 10.7. The Kier molecular flexibility index (Phi) is 3.59. The molecule has 1 rings (SSSR count). The van der Waals surface area contributed by atoms with Gasteiger partial charge >= 0.3 is 0 Å². The van der Waals surface area contributed by atoms with Crippen molar-refractivity contribution in [1.29, 1.82) is 5.41 Å². The molecule has 74 valence electrons. The zero-order valence-electron chi connectivity index (χ0n) is 7.46. The van der Waals surface area contributed by atoms with Crippen molar-refractivity contribution in [3.63, 3.8) is 0 Å². The third-order valence-corrected chi connectivity index (χ3v) is 2.10. The molecule has 5 heteroatoms. The third kappa shape index (κ3) is 2.29. The SMILES string of the molecule is N=Cc1c(N)cc(Cl)cc1CCN=O. The fraction of sp³-hybridized carbons (Fsp3) is 0.222. The number of anilines is 1. The predicted molar refractivity (Wildman–Crippen MR) is 58.1 cm³/mol. The molecule has 0 atom stereocenters. The van der Waals surface area contributed by atoms with Crippen LogP contribution in [0.4, 0.5) is 5.69 Å². The fourth-order valence-electron chi connectivity index (χ4n) is 1.25. The minimum Gasteiger partial charge on any atom is -0.398 e. The van der Waals surface area contributed by atoms with Crippen LogP contribution in [0.1, 0.15) is 11.1 Å². The lowest BCUT2D eigenvalue weighted by molar-refractivity contribution is 0.959. The number of nitrogens with two attached hydrogens (primary N) is 1. The van der Waals surface area contributed by atoms with Gasteiger partial charge in [0.15, 0.2) is 0 Å². The van der Waals surface area contributed by atoms with Crippen molar-refractivity contribution in [2.75, 3.05) is 12.3 Å². The molecular formula is C9H10ClN3O. The molecule has 0 aliphatic rings. The molecule has 0 spiro atoms. The second-order valence-electron chi connectivity index (χ2n) is 2.81. The summed E-state index contributed by atoms with van der Waals surface area (Å²) in [5.74, 6) is 0. The molecule has 0 aromatic heterocycles. The van der Waals surface area contributed by atoms with Crippen LogP contribution in [-0.4, -0.2) is 12.8 Å². The summed E-state index contributed by atoms with van der Waals surface area (Å²) < 4.78 is 0. The summed E-state index contributed by atoms with van der Waals surface area (Å²) >= 11 is 5.79. The minimum absolute atomic E-state index is 0.167. The summed E-state index contributed by atoms with van der Waals surface area (Å²) in [6.45, 7) is 0.167. The van der Waals surface area contributed by atoms with Crippen LogP contribution in [0, 0.1) is 10.3 Å². The van der Waals surface area contributed by atoms with E-state index in [1.54, 1.807) is 12.1 Å². The number of halogens is 1. The monoisotopic (exact) mass is 211 g/mol. The van der Waals surface area contributed by atoms with E-state index in [1.807, 2.05) is 0 Å². The first-order chi connectivity index (χ1) is 6.69. The molecular weight excluding hydrogens is 202 g/mol. The van der Waals surface area contributed by atoms with E-state index in [9.17, 15) is 4.91 Å². The van der Waals surface area contributed by atoms with Crippen molar-refractivity contribution in [3.05, 3.63) is 33.2 Å². The van der Waals surface area contributed by atoms with Crippen LogP contribution in [0.3, 0.4) is 0 Å². The highest BCUT2D eigenvalue weighted by atomic mass is 35.5. The number of nitrogens with zero attached hydrogens (tertiary/aromatic N) is 1. The normalized spacial score (nSPS) is 9.79. The number of rotatable bonds is 4. The van der Waals surface area contributed by atoms with Gasteiger partial charge in [0.1, 0.15) is 0 Å². The van der Waals surface area contributed by atoms with Crippen molar-refractivity contribution < 1.29 is 0 Å². The van der Waals surface area contributed by atoms with Gasteiger partial charge in [-0.3, -0.25) is 0 Å². The Morgan fingerprint density at radius 1 is 1.57 bits per heavy atom. The molecule has 1 aromatic rings. The maximum absolute atomic E-state index is 9.98. The number of hydrogen-bond acceptors (Lipinski definition) is 4. The van der Waals surface area contributed by atoms with Crippen LogP contribution in [0.2, 0.25) is 5.02 Å². The Balaban J connectivity index is 3.10. The van der Waals surface area contributed by atoms with Gasteiger partial charge in [0.2, 0.25) is 0 Å². The van der Waals surface area contributed by atoms with E-state index in [0.29, 0.717) is 22.7 Å². The average molecular weight is 212 g/mol. The summed E-state index contributed by atoms with van der Waals surface area (Å²) in [4.78, 5) is 9.98. The molecule has 0 heterocycles. The fourth-order valence-corrected chi connectivity index (χ4v) is 1.50. The average Bonchev–Trinajstić information content (AvgIpc) is 2.14. The van der Waals surface area contributed by atoms with E-state index in [0.717, 1.165) is 11.8 Å². The smallest absolute Gasteiger partial charge is 0.0851 e. The number of hydrogen-bond donors (Lipinski definition) is 2. The Labute approximate surface area is 86.5 Å². The lowest BCUT2D eigenvalue weighted by Gasteiger charge is -2.07. The van der Waals surface area contributed by atoms with Gasteiger partial charge < -0.3 is 11.1 Å². The number of nitrogens with one attached hydrogen (secondary N) is 1. The van der Waals surface area contributed by atoms with Gasteiger partial charge in [-0.1, -0.05) is 16.8 Å². The number of nitroso groups, excluding NO2 is 1. The molecule has 14 heavy (non-hydrogen) atoms. The molecule has 0 amide bonds. The maximum atomic E-state index is 9.98. The van der Waals surface area contributed by atoms with Crippen LogP contribution >= 0.6 is 11.6 Å². The van der Waals surface area contributed by atoms with E-state index in [4.69, 9.17) is 22.7 Å². The molecule has 0 aliphatic heterocycles.